The first-order chi connectivity index (χ1) is 14.0. The molecule has 3 aromatic rings. The molecule has 148 valence electrons. The lowest BCUT2D eigenvalue weighted by atomic mass is 9.91. The molecule has 4 rings (SSSR count). The minimum Gasteiger partial charge on any atom is -0.251 e. The molecule has 1 aliphatic rings. The van der Waals surface area contributed by atoms with Crippen molar-refractivity contribution in [1.29, 1.82) is 0 Å². The number of aromatic nitrogens is 1. The van der Waals surface area contributed by atoms with Gasteiger partial charge in [-0.15, -0.1) is 0 Å². The summed E-state index contributed by atoms with van der Waals surface area (Å²) in [5.74, 6) is 0.888. The maximum atomic E-state index is 5.29. The zero-order chi connectivity index (χ0) is 20.4. The van der Waals surface area contributed by atoms with Crippen LogP contribution in [0.2, 0.25) is 0 Å². The third-order valence-electron chi connectivity index (χ3n) is 5.77. The summed E-state index contributed by atoms with van der Waals surface area (Å²) >= 11 is 0. The van der Waals surface area contributed by atoms with E-state index >= 15 is 0 Å². The summed E-state index contributed by atoms with van der Waals surface area (Å²) in [5, 5.41) is 0. The fourth-order valence-corrected chi connectivity index (χ4v) is 4.16. The Balaban J connectivity index is 1.86. The average Bonchev–Trinajstić information content (AvgIpc) is 2.74. The van der Waals surface area contributed by atoms with E-state index < -0.39 is 0 Å². The van der Waals surface area contributed by atoms with Crippen molar-refractivity contribution in [2.45, 2.75) is 58.8 Å². The van der Waals surface area contributed by atoms with Crippen molar-refractivity contribution in [1.82, 2.24) is 4.98 Å². The lowest BCUT2D eigenvalue weighted by Gasteiger charge is -2.21. The molecule has 29 heavy (non-hydrogen) atoms. The average molecular weight is 383 g/mol. The molecule has 1 heterocycles. The van der Waals surface area contributed by atoms with Crippen molar-refractivity contribution < 1.29 is 0 Å². The van der Waals surface area contributed by atoms with Gasteiger partial charge in [-0.2, -0.15) is 0 Å². The number of benzene rings is 2. The minimum absolute atomic E-state index is 0.444. The van der Waals surface area contributed by atoms with Gasteiger partial charge in [-0.3, -0.25) is 4.99 Å². The summed E-state index contributed by atoms with van der Waals surface area (Å²) in [6, 6.07) is 21.5. The largest absolute Gasteiger partial charge is 0.251 e. The standard InChI is InChI=1S/C27H30N2/c1-18(2)22-13-9-14-23(19(3)4)27(22)29-25-15-8-12-21-16-17-24(28-26(21)25)20-10-6-5-7-11-20/h5-7,9-11,13-14,16-19H,8,12,15H2,1-4H3. The molecule has 2 nitrogen and oxygen atoms in total. The molecule has 0 amide bonds. The van der Waals surface area contributed by atoms with Gasteiger partial charge in [0.25, 0.3) is 0 Å². The van der Waals surface area contributed by atoms with Crippen LogP contribution in [0.5, 0.6) is 0 Å². The molecule has 0 unspecified atom stereocenters. The van der Waals surface area contributed by atoms with Crippen LogP contribution in [0.4, 0.5) is 5.69 Å². The number of aryl methyl sites for hydroxylation is 1. The molecule has 0 N–H and O–H groups in total. The van der Waals surface area contributed by atoms with E-state index in [-0.39, 0.29) is 0 Å². The van der Waals surface area contributed by atoms with Crippen LogP contribution in [-0.4, -0.2) is 10.7 Å². The van der Waals surface area contributed by atoms with Crippen LogP contribution in [-0.2, 0) is 6.42 Å². The van der Waals surface area contributed by atoms with Crippen LogP contribution in [0.1, 0.15) is 74.8 Å². The van der Waals surface area contributed by atoms with E-state index in [9.17, 15) is 0 Å². The van der Waals surface area contributed by atoms with Gasteiger partial charge < -0.3 is 0 Å². The molecule has 0 fully saturated rings. The Morgan fingerprint density at radius 2 is 1.45 bits per heavy atom. The van der Waals surface area contributed by atoms with Gasteiger partial charge in [-0.25, -0.2) is 4.98 Å². The maximum Gasteiger partial charge on any atom is 0.0884 e. The van der Waals surface area contributed by atoms with Crippen molar-refractivity contribution in [2.24, 2.45) is 4.99 Å². The SMILES string of the molecule is CC(C)c1cccc(C(C)C)c1N=C1CCCc2ccc(-c3ccccc3)nc21. The molecule has 0 bridgehead atoms. The van der Waals surface area contributed by atoms with Gasteiger partial charge in [0.1, 0.15) is 0 Å². The van der Waals surface area contributed by atoms with Gasteiger partial charge in [0.2, 0.25) is 0 Å². The Labute approximate surface area is 174 Å². The molecule has 0 aliphatic heterocycles. The predicted octanol–water partition coefficient (Wildman–Crippen LogP) is 7.45. The topological polar surface area (TPSA) is 25.2 Å². The fraction of sp³-hybridized carbons (Fsp3) is 0.333. The fourth-order valence-electron chi connectivity index (χ4n) is 4.16. The van der Waals surface area contributed by atoms with E-state index in [1.807, 2.05) is 6.07 Å². The molecule has 2 heteroatoms. The maximum absolute atomic E-state index is 5.29. The van der Waals surface area contributed by atoms with Crippen molar-refractivity contribution in [3.8, 4) is 11.3 Å². The zero-order valence-corrected chi connectivity index (χ0v) is 17.9. The minimum atomic E-state index is 0.444. The highest BCUT2D eigenvalue weighted by molar-refractivity contribution is 6.03. The van der Waals surface area contributed by atoms with Crippen LogP contribution in [0, 0.1) is 0 Å². The lowest BCUT2D eigenvalue weighted by molar-refractivity contribution is 0.818. The molecule has 0 radical (unpaired) electrons. The van der Waals surface area contributed by atoms with Crippen LogP contribution >= 0.6 is 0 Å². The number of pyridine rings is 1. The molecule has 0 saturated carbocycles. The summed E-state index contributed by atoms with van der Waals surface area (Å²) in [6.45, 7) is 9.01. The summed E-state index contributed by atoms with van der Waals surface area (Å²) in [7, 11) is 0. The molecular formula is C27H30N2. The first kappa shape index (κ1) is 19.6. The van der Waals surface area contributed by atoms with Crippen molar-refractivity contribution >= 4 is 11.4 Å². The Bertz CT molecular complexity index is 1000. The van der Waals surface area contributed by atoms with Crippen LogP contribution in [0.15, 0.2) is 65.7 Å². The van der Waals surface area contributed by atoms with E-state index in [2.05, 4.69) is 82.3 Å². The van der Waals surface area contributed by atoms with E-state index in [1.54, 1.807) is 0 Å². The second kappa shape index (κ2) is 8.32. The third-order valence-corrected chi connectivity index (χ3v) is 5.77. The zero-order valence-electron chi connectivity index (χ0n) is 17.9. The number of rotatable bonds is 4. The first-order valence-corrected chi connectivity index (χ1v) is 10.8. The smallest absolute Gasteiger partial charge is 0.0884 e. The number of hydrogen-bond acceptors (Lipinski definition) is 2. The lowest BCUT2D eigenvalue weighted by Crippen LogP contribution is -2.15. The molecule has 2 aromatic carbocycles. The quantitative estimate of drug-likeness (QED) is 0.460. The van der Waals surface area contributed by atoms with Gasteiger partial charge >= 0.3 is 0 Å². The highest BCUT2D eigenvalue weighted by atomic mass is 14.8. The van der Waals surface area contributed by atoms with Crippen molar-refractivity contribution in [3.63, 3.8) is 0 Å². The van der Waals surface area contributed by atoms with Gasteiger partial charge in [0, 0.05) is 5.56 Å². The van der Waals surface area contributed by atoms with Crippen LogP contribution in [0.3, 0.4) is 0 Å². The van der Waals surface area contributed by atoms with Crippen LogP contribution in [0.25, 0.3) is 11.3 Å². The molecule has 1 aliphatic carbocycles. The van der Waals surface area contributed by atoms with Crippen molar-refractivity contribution in [3.05, 3.63) is 83.0 Å². The Kier molecular flexibility index (Phi) is 5.62. The summed E-state index contributed by atoms with van der Waals surface area (Å²) in [4.78, 5) is 10.4. The highest BCUT2D eigenvalue weighted by Gasteiger charge is 2.20. The number of aliphatic imine (C=N–C) groups is 1. The summed E-state index contributed by atoms with van der Waals surface area (Å²) in [5.41, 5.74) is 9.55. The Hall–Kier alpha value is -2.74. The van der Waals surface area contributed by atoms with E-state index in [1.165, 1.54) is 16.7 Å². The van der Waals surface area contributed by atoms with E-state index in [0.29, 0.717) is 11.8 Å². The number of hydrogen-bond donors (Lipinski definition) is 0. The van der Waals surface area contributed by atoms with Gasteiger partial charge in [0.15, 0.2) is 0 Å². The molecule has 0 atom stereocenters. The molecular weight excluding hydrogens is 352 g/mol. The van der Waals surface area contributed by atoms with E-state index in [0.717, 1.165) is 47.6 Å². The molecule has 0 saturated heterocycles. The van der Waals surface area contributed by atoms with Gasteiger partial charge in [0.05, 0.1) is 22.8 Å². The van der Waals surface area contributed by atoms with Crippen LogP contribution < -0.4 is 0 Å². The number of fused-ring (bicyclic) bond motifs is 1. The Morgan fingerprint density at radius 1 is 0.759 bits per heavy atom. The Morgan fingerprint density at radius 3 is 2.10 bits per heavy atom. The number of nitrogens with zero attached hydrogens (tertiary/aromatic N) is 2. The second-order valence-electron chi connectivity index (χ2n) is 8.58. The van der Waals surface area contributed by atoms with E-state index in [4.69, 9.17) is 9.98 Å². The van der Waals surface area contributed by atoms with Gasteiger partial charge in [-0.05, 0) is 53.9 Å². The molecule has 0 spiro atoms. The second-order valence-corrected chi connectivity index (χ2v) is 8.58. The number of para-hydroxylation sites is 1. The highest BCUT2D eigenvalue weighted by Crippen LogP contribution is 2.36. The predicted molar refractivity (Wildman–Crippen MR) is 123 cm³/mol. The van der Waals surface area contributed by atoms with Gasteiger partial charge in [-0.1, -0.05) is 82.3 Å². The van der Waals surface area contributed by atoms with Crippen molar-refractivity contribution in [2.75, 3.05) is 0 Å². The molecule has 1 aromatic heterocycles. The normalized spacial score (nSPS) is 15.2. The summed E-state index contributed by atoms with van der Waals surface area (Å²) < 4.78 is 0. The summed E-state index contributed by atoms with van der Waals surface area (Å²) in [6.07, 6.45) is 3.21. The first-order valence-electron chi connectivity index (χ1n) is 10.8. The monoisotopic (exact) mass is 382 g/mol. The third kappa shape index (κ3) is 4.03.